The minimum Gasteiger partial charge on any atom is -0.372 e. The molecule has 2 aromatic carbocycles. The molecule has 0 bridgehead atoms. The van der Waals surface area contributed by atoms with E-state index in [0.717, 1.165) is 30.0 Å². The molecule has 0 amide bonds. The van der Waals surface area contributed by atoms with Crippen LogP contribution >= 0.6 is 0 Å². The van der Waals surface area contributed by atoms with E-state index in [2.05, 4.69) is 85.3 Å². The first-order chi connectivity index (χ1) is 15.7. The van der Waals surface area contributed by atoms with Crippen molar-refractivity contribution in [1.29, 1.82) is 0 Å². The van der Waals surface area contributed by atoms with Crippen LogP contribution in [-0.4, -0.2) is 13.1 Å². The number of hydrogen-bond acceptors (Lipinski definition) is 3. The van der Waals surface area contributed by atoms with Crippen molar-refractivity contribution in [3.05, 3.63) is 53.6 Å². The summed E-state index contributed by atoms with van der Waals surface area (Å²) in [5.41, 5.74) is 5.68. The maximum Gasteiger partial charge on any atom is 0.0887 e. The largest absolute Gasteiger partial charge is 0.372 e. The summed E-state index contributed by atoms with van der Waals surface area (Å²) in [7, 11) is 0. The molecule has 3 heteroatoms. The van der Waals surface area contributed by atoms with Gasteiger partial charge in [0.05, 0.1) is 11.4 Å². The second-order valence-corrected chi connectivity index (χ2v) is 8.94. The molecule has 0 spiro atoms. The number of aryl methyl sites for hydroxylation is 2. The van der Waals surface area contributed by atoms with E-state index in [0.29, 0.717) is 0 Å². The van der Waals surface area contributed by atoms with Gasteiger partial charge in [0.15, 0.2) is 0 Å². The Labute approximate surface area is 197 Å². The van der Waals surface area contributed by atoms with E-state index in [4.69, 9.17) is 0 Å². The van der Waals surface area contributed by atoms with Crippen LogP contribution in [0, 0.1) is 6.92 Å². The SMILES string of the molecule is CCCCCCCCCCCCc1ccc(N=Nc2ccc(N(CC)CC)cc2C)cc1. The Hall–Kier alpha value is -2.16. The van der Waals surface area contributed by atoms with Gasteiger partial charge in [-0.1, -0.05) is 76.8 Å². The second kappa shape index (κ2) is 15.6. The van der Waals surface area contributed by atoms with Crippen molar-refractivity contribution in [2.75, 3.05) is 18.0 Å². The molecular weight excluding hydrogens is 390 g/mol. The number of benzene rings is 2. The van der Waals surface area contributed by atoms with Crippen LogP contribution in [0.3, 0.4) is 0 Å². The quantitative estimate of drug-likeness (QED) is 0.190. The van der Waals surface area contributed by atoms with E-state index in [9.17, 15) is 0 Å². The number of anilines is 1. The molecule has 0 saturated heterocycles. The third-order valence-corrected chi connectivity index (χ3v) is 6.34. The maximum atomic E-state index is 4.49. The lowest BCUT2D eigenvalue weighted by atomic mass is 10.0. The van der Waals surface area contributed by atoms with Crippen molar-refractivity contribution in [1.82, 2.24) is 0 Å². The van der Waals surface area contributed by atoms with Crippen LogP contribution in [0.25, 0.3) is 0 Å². The summed E-state index contributed by atoms with van der Waals surface area (Å²) < 4.78 is 0. The van der Waals surface area contributed by atoms with Gasteiger partial charge < -0.3 is 4.90 Å². The first kappa shape index (κ1) is 26.1. The van der Waals surface area contributed by atoms with E-state index < -0.39 is 0 Å². The summed E-state index contributed by atoms with van der Waals surface area (Å²) >= 11 is 0. The van der Waals surface area contributed by atoms with E-state index in [-0.39, 0.29) is 0 Å². The van der Waals surface area contributed by atoms with Crippen LogP contribution in [0.5, 0.6) is 0 Å². The highest BCUT2D eigenvalue weighted by molar-refractivity contribution is 5.57. The summed E-state index contributed by atoms with van der Waals surface area (Å²) in [5, 5.41) is 8.95. The molecule has 0 aliphatic carbocycles. The third-order valence-electron chi connectivity index (χ3n) is 6.34. The molecule has 0 fully saturated rings. The van der Waals surface area contributed by atoms with Gasteiger partial charge in [0.1, 0.15) is 0 Å². The Bertz CT molecular complexity index is 775. The van der Waals surface area contributed by atoms with Gasteiger partial charge in [-0.05, 0) is 75.1 Å². The van der Waals surface area contributed by atoms with Crippen molar-refractivity contribution < 1.29 is 0 Å². The molecule has 3 nitrogen and oxygen atoms in total. The van der Waals surface area contributed by atoms with Gasteiger partial charge in [-0.25, -0.2) is 0 Å². The van der Waals surface area contributed by atoms with Crippen molar-refractivity contribution in [2.45, 2.75) is 98.3 Å². The predicted octanol–water partition coefficient (Wildman–Crippen LogP) is 9.72. The first-order valence-electron chi connectivity index (χ1n) is 13.0. The molecular formula is C29H45N3. The summed E-state index contributed by atoms with van der Waals surface area (Å²) in [6.45, 7) is 10.8. The lowest BCUT2D eigenvalue weighted by Gasteiger charge is -2.21. The minimum absolute atomic E-state index is 0.920. The van der Waals surface area contributed by atoms with E-state index >= 15 is 0 Å². The minimum atomic E-state index is 0.920. The molecule has 2 aromatic rings. The molecule has 32 heavy (non-hydrogen) atoms. The Balaban J connectivity index is 1.71. The highest BCUT2D eigenvalue weighted by atomic mass is 15.1. The first-order valence-corrected chi connectivity index (χ1v) is 13.0. The monoisotopic (exact) mass is 435 g/mol. The molecule has 176 valence electrons. The predicted molar refractivity (Wildman–Crippen MR) is 141 cm³/mol. The maximum absolute atomic E-state index is 4.49. The van der Waals surface area contributed by atoms with Gasteiger partial charge >= 0.3 is 0 Å². The van der Waals surface area contributed by atoms with Crippen molar-refractivity contribution in [2.24, 2.45) is 10.2 Å². The number of rotatable bonds is 16. The van der Waals surface area contributed by atoms with Crippen molar-refractivity contribution in [3.63, 3.8) is 0 Å². The van der Waals surface area contributed by atoms with Crippen LogP contribution in [-0.2, 0) is 6.42 Å². The molecule has 0 N–H and O–H groups in total. The van der Waals surface area contributed by atoms with Crippen LogP contribution < -0.4 is 4.90 Å². The topological polar surface area (TPSA) is 28.0 Å². The number of azo groups is 1. The molecule has 0 aromatic heterocycles. The number of hydrogen-bond donors (Lipinski definition) is 0. The highest BCUT2D eigenvalue weighted by Gasteiger charge is 2.04. The second-order valence-electron chi connectivity index (χ2n) is 8.94. The van der Waals surface area contributed by atoms with Gasteiger partial charge in [-0.15, -0.1) is 0 Å². The lowest BCUT2D eigenvalue weighted by Crippen LogP contribution is -2.21. The fourth-order valence-electron chi connectivity index (χ4n) is 4.19. The van der Waals surface area contributed by atoms with Gasteiger partial charge in [0.25, 0.3) is 0 Å². The molecule has 0 saturated carbocycles. The molecule has 0 atom stereocenters. The Kier molecular flexibility index (Phi) is 12.7. The van der Waals surface area contributed by atoms with Crippen molar-refractivity contribution in [3.8, 4) is 0 Å². The zero-order chi connectivity index (χ0) is 23.0. The van der Waals surface area contributed by atoms with Crippen LogP contribution in [0.4, 0.5) is 17.1 Å². The Morgan fingerprint density at radius 3 is 1.81 bits per heavy atom. The Morgan fingerprint density at radius 2 is 1.25 bits per heavy atom. The Morgan fingerprint density at radius 1 is 0.656 bits per heavy atom. The van der Waals surface area contributed by atoms with Gasteiger partial charge in [-0.2, -0.15) is 10.2 Å². The summed E-state index contributed by atoms with van der Waals surface area (Å²) in [5.74, 6) is 0. The van der Waals surface area contributed by atoms with Crippen molar-refractivity contribution >= 4 is 17.1 Å². The van der Waals surface area contributed by atoms with E-state index in [1.165, 1.54) is 81.9 Å². The van der Waals surface area contributed by atoms with Crippen LogP contribution in [0.1, 0.15) is 96.1 Å². The zero-order valence-electron chi connectivity index (χ0n) is 21.1. The summed E-state index contributed by atoms with van der Waals surface area (Å²) in [4.78, 5) is 2.35. The molecule has 2 rings (SSSR count). The third kappa shape index (κ3) is 9.54. The number of nitrogens with zero attached hydrogens (tertiary/aromatic N) is 3. The zero-order valence-corrected chi connectivity index (χ0v) is 21.1. The molecule has 0 heterocycles. The number of unbranched alkanes of at least 4 members (excludes halogenated alkanes) is 9. The average molecular weight is 436 g/mol. The lowest BCUT2D eigenvalue weighted by molar-refractivity contribution is 0.556. The molecule has 0 aliphatic rings. The molecule has 0 radical (unpaired) electrons. The molecule has 0 aliphatic heterocycles. The molecule has 0 unspecified atom stereocenters. The van der Waals surface area contributed by atoms with Crippen LogP contribution in [0.2, 0.25) is 0 Å². The fourth-order valence-corrected chi connectivity index (χ4v) is 4.19. The highest BCUT2D eigenvalue weighted by Crippen LogP contribution is 2.27. The van der Waals surface area contributed by atoms with Crippen LogP contribution in [0.15, 0.2) is 52.7 Å². The average Bonchev–Trinajstić information content (AvgIpc) is 2.81. The smallest absolute Gasteiger partial charge is 0.0887 e. The van der Waals surface area contributed by atoms with Gasteiger partial charge in [0.2, 0.25) is 0 Å². The van der Waals surface area contributed by atoms with E-state index in [1.54, 1.807) is 0 Å². The van der Waals surface area contributed by atoms with Gasteiger partial charge in [0, 0.05) is 18.8 Å². The summed E-state index contributed by atoms with van der Waals surface area (Å²) in [6, 6.07) is 15.0. The van der Waals surface area contributed by atoms with E-state index in [1.807, 2.05) is 0 Å². The normalized spacial score (nSPS) is 11.4. The fraction of sp³-hybridized carbons (Fsp3) is 0.586. The summed E-state index contributed by atoms with van der Waals surface area (Å²) in [6.07, 6.45) is 15.0. The van der Waals surface area contributed by atoms with Gasteiger partial charge in [-0.3, -0.25) is 0 Å². The standard InChI is InChI=1S/C29H45N3/c1-5-8-9-10-11-12-13-14-15-16-17-26-18-20-27(21-19-26)30-31-29-23-22-28(24-25(29)4)32(6-2)7-3/h18-24H,5-17H2,1-4H3.